The van der Waals surface area contributed by atoms with Crippen LogP contribution in [0.1, 0.15) is 52.9 Å². The van der Waals surface area contributed by atoms with Gasteiger partial charge in [0.1, 0.15) is 5.60 Å². The van der Waals surface area contributed by atoms with E-state index in [2.05, 4.69) is 0 Å². The van der Waals surface area contributed by atoms with Crippen LogP contribution >= 0.6 is 0 Å². The van der Waals surface area contributed by atoms with Gasteiger partial charge in [0.2, 0.25) is 0 Å². The molecule has 0 spiro atoms. The maximum Gasteiger partial charge on any atom is 0.410 e. The van der Waals surface area contributed by atoms with Gasteiger partial charge in [0.15, 0.2) is 0 Å². The summed E-state index contributed by atoms with van der Waals surface area (Å²) in [4.78, 5) is 27.2. The predicted octanol–water partition coefficient (Wildman–Crippen LogP) is 2.33. The molecule has 2 aliphatic rings. The Kier molecular flexibility index (Phi) is 5.32. The first-order chi connectivity index (χ1) is 10.3. The molecule has 0 radical (unpaired) electrons. The number of aliphatic carboxylic acids is 1. The third-order valence-electron chi connectivity index (χ3n) is 4.11. The second-order valence-electron chi connectivity index (χ2n) is 7.38. The topological polar surface area (TPSA) is 70.1 Å². The number of piperidine rings is 1. The van der Waals surface area contributed by atoms with Gasteiger partial charge >= 0.3 is 12.1 Å². The summed E-state index contributed by atoms with van der Waals surface area (Å²) < 4.78 is 5.51. The number of hydrogen-bond acceptors (Lipinski definition) is 4. The highest BCUT2D eigenvalue weighted by molar-refractivity contribution is 5.70. The minimum Gasteiger partial charge on any atom is -0.480 e. The van der Waals surface area contributed by atoms with Gasteiger partial charge in [-0.1, -0.05) is 6.42 Å². The minimum atomic E-state index is -0.804. The second-order valence-corrected chi connectivity index (χ2v) is 7.38. The molecule has 0 aromatic heterocycles. The van der Waals surface area contributed by atoms with Crippen LogP contribution < -0.4 is 0 Å². The van der Waals surface area contributed by atoms with E-state index in [0.29, 0.717) is 6.54 Å². The highest BCUT2D eigenvalue weighted by Gasteiger charge is 2.38. The molecule has 1 aliphatic carbocycles. The van der Waals surface area contributed by atoms with Crippen molar-refractivity contribution in [3.05, 3.63) is 0 Å². The maximum atomic E-state index is 12.4. The van der Waals surface area contributed by atoms with Crippen molar-refractivity contribution in [1.82, 2.24) is 9.80 Å². The summed E-state index contributed by atoms with van der Waals surface area (Å²) in [7, 11) is 0. The predicted molar refractivity (Wildman–Crippen MR) is 82.8 cm³/mol. The molecule has 0 aromatic rings. The van der Waals surface area contributed by atoms with E-state index < -0.39 is 11.6 Å². The molecule has 22 heavy (non-hydrogen) atoms. The number of rotatable bonds is 5. The zero-order valence-electron chi connectivity index (χ0n) is 13.9. The Morgan fingerprint density at radius 1 is 1.23 bits per heavy atom. The fourth-order valence-electron chi connectivity index (χ4n) is 2.96. The fourth-order valence-corrected chi connectivity index (χ4v) is 2.96. The van der Waals surface area contributed by atoms with Gasteiger partial charge in [-0.25, -0.2) is 4.79 Å². The number of hydrogen-bond donors (Lipinski definition) is 1. The maximum absolute atomic E-state index is 12.4. The molecule has 126 valence electrons. The van der Waals surface area contributed by atoms with Gasteiger partial charge in [-0.2, -0.15) is 0 Å². The van der Waals surface area contributed by atoms with E-state index in [1.807, 2.05) is 30.6 Å². The quantitative estimate of drug-likeness (QED) is 0.843. The van der Waals surface area contributed by atoms with Crippen LogP contribution in [0, 0.1) is 0 Å². The fraction of sp³-hybridized carbons (Fsp3) is 0.875. The Morgan fingerprint density at radius 3 is 2.45 bits per heavy atom. The number of ether oxygens (including phenoxy) is 1. The average molecular weight is 312 g/mol. The lowest BCUT2D eigenvalue weighted by molar-refractivity contribution is -0.139. The normalized spacial score (nSPS) is 23.1. The van der Waals surface area contributed by atoms with Crippen molar-refractivity contribution in [2.24, 2.45) is 0 Å². The summed E-state index contributed by atoms with van der Waals surface area (Å²) in [5.41, 5.74) is -0.502. The molecular weight excluding hydrogens is 284 g/mol. The summed E-state index contributed by atoms with van der Waals surface area (Å²) >= 11 is 0. The van der Waals surface area contributed by atoms with Crippen LogP contribution in [0.2, 0.25) is 0 Å². The molecule has 1 atom stereocenters. The third kappa shape index (κ3) is 5.16. The number of carbonyl (C=O) groups is 2. The van der Waals surface area contributed by atoms with E-state index in [0.717, 1.165) is 38.6 Å². The van der Waals surface area contributed by atoms with Crippen LogP contribution in [0.5, 0.6) is 0 Å². The van der Waals surface area contributed by atoms with Crippen LogP contribution in [0.4, 0.5) is 4.79 Å². The van der Waals surface area contributed by atoms with Gasteiger partial charge in [-0.05, 0) is 53.0 Å². The van der Waals surface area contributed by atoms with Crippen molar-refractivity contribution in [3.63, 3.8) is 0 Å². The van der Waals surface area contributed by atoms with Gasteiger partial charge in [0.05, 0.1) is 6.54 Å². The molecule has 2 rings (SSSR count). The molecule has 6 heteroatoms. The first kappa shape index (κ1) is 17.1. The van der Waals surface area contributed by atoms with Crippen molar-refractivity contribution in [3.8, 4) is 0 Å². The highest BCUT2D eigenvalue weighted by Crippen LogP contribution is 2.30. The third-order valence-corrected chi connectivity index (χ3v) is 4.11. The lowest BCUT2D eigenvalue weighted by Gasteiger charge is -2.38. The molecule has 1 aliphatic heterocycles. The Labute approximate surface area is 132 Å². The Balaban J connectivity index is 1.99. The zero-order chi connectivity index (χ0) is 16.3. The summed E-state index contributed by atoms with van der Waals surface area (Å²) in [6.07, 6.45) is 4.83. The molecule has 1 amide bonds. The van der Waals surface area contributed by atoms with Gasteiger partial charge in [-0.15, -0.1) is 0 Å². The second kappa shape index (κ2) is 6.86. The van der Waals surface area contributed by atoms with E-state index in [4.69, 9.17) is 9.84 Å². The summed E-state index contributed by atoms with van der Waals surface area (Å²) in [5.74, 6) is -0.804. The number of carbonyl (C=O) groups excluding carboxylic acids is 1. The van der Waals surface area contributed by atoms with Crippen LogP contribution in [0.3, 0.4) is 0 Å². The summed E-state index contributed by atoms with van der Waals surface area (Å²) in [5, 5.41) is 9.05. The number of likely N-dealkylation sites (tertiary alicyclic amines) is 1. The molecule has 0 bridgehead atoms. The average Bonchev–Trinajstić information content (AvgIpc) is 3.19. The molecule has 1 saturated carbocycles. The Morgan fingerprint density at radius 2 is 1.91 bits per heavy atom. The molecular formula is C16H28N2O4. The minimum absolute atomic E-state index is 0.0531. The number of carboxylic acid groups (broad SMARTS) is 1. The van der Waals surface area contributed by atoms with Crippen molar-refractivity contribution in [1.29, 1.82) is 0 Å². The lowest BCUT2D eigenvalue weighted by atomic mass is 10.0. The Bertz CT molecular complexity index is 415. The first-order valence-corrected chi connectivity index (χ1v) is 8.22. The largest absolute Gasteiger partial charge is 0.480 e. The Hall–Kier alpha value is -1.30. The van der Waals surface area contributed by atoms with Crippen molar-refractivity contribution in [2.45, 2.75) is 70.6 Å². The highest BCUT2D eigenvalue weighted by atomic mass is 16.6. The smallest absolute Gasteiger partial charge is 0.410 e. The standard InChI is InChI=1S/C16H28N2O4/c1-16(2,3)22-15(21)18(12-7-8-12)10-13-6-4-5-9-17(13)11-14(19)20/h12-13H,4-11H2,1-3H3,(H,19,20). The van der Waals surface area contributed by atoms with Gasteiger partial charge < -0.3 is 14.7 Å². The van der Waals surface area contributed by atoms with Gasteiger partial charge in [0.25, 0.3) is 0 Å². The van der Waals surface area contributed by atoms with Gasteiger partial charge in [-0.3, -0.25) is 9.69 Å². The van der Waals surface area contributed by atoms with Crippen LogP contribution in [0.25, 0.3) is 0 Å². The van der Waals surface area contributed by atoms with Crippen LogP contribution in [-0.2, 0) is 9.53 Å². The zero-order valence-corrected chi connectivity index (χ0v) is 13.9. The van der Waals surface area contributed by atoms with E-state index in [1.165, 1.54) is 0 Å². The van der Waals surface area contributed by atoms with E-state index in [1.54, 1.807) is 0 Å². The van der Waals surface area contributed by atoms with Crippen molar-refractivity contribution in [2.75, 3.05) is 19.6 Å². The van der Waals surface area contributed by atoms with E-state index >= 15 is 0 Å². The molecule has 0 aromatic carbocycles. The molecule has 1 unspecified atom stereocenters. The van der Waals surface area contributed by atoms with Crippen LogP contribution in [-0.4, -0.2) is 64.3 Å². The monoisotopic (exact) mass is 312 g/mol. The lowest BCUT2D eigenvalue weighted by Crippen LogP contribution is -2.51. The first-order valence-electron chi connectivity index (χ1n) is 8.22. The van der Waals surface area contributed by atoms with Gasteiger partial charge in [0, 0.05) is 18.6 Å². The molecule has 6 nitrogen and oxygen atoms in total. The van der Waals surface area contributed by atoms with Crippen LogP contribution in [0.15, 0.2) is 0 Å². The summed E-state index contributed by atoms with van der Waals surface area (Å²) in [6, 6.07) is 0.390. The SMILES string of the molecule is CC(C)(C)OC(=O)N(CC1CCCCN1CC(=O)O)C1CC1. The molecule has 1 heterocycles. The van der Waals surface area contributed by atoms with E-state index in [-0.39, 0.29) is 24.7 Å². The molecule has 1 saturated heterocycles. The van der Waals surface area contributed by atoms with Crippen molar-refractivity contribution >= 4 is 12.1 Å². The number of carboxylic acids is 1. The molecule has 1 N–H and O–H groups in total. The molecule has 2 fully saturated rings. The summed E-state index contributed by atoms with van der Waals surface area (Å²) in [6.45, 7) is 7.03. The number of amides is 1. The van der Waals surface area contributed by atoms with Crippen molar-refractivity contribution < 1.29 is 19.4 Å². The number of nitrogens with zero attached hydrogens (tertiary/aromatic N) is 2. The van der Waals surface area contributed by atoms with E-state index in [9.17, 15) is 9.59 Å².